The van der Waals surface area contributed by atoms with Gasteiger partial charge in [0.1, 0.15) is 24.1 Å². The molecule has 0 unspecified atom stereocenters. The van der Waals surface area contributed by atoms with Crippen LogP contribution < -0.4 is 25.4 Å². The van der Waals surface area contributed by atoms with Crippen LogP contribution in [-0.4, -0.2) is 26.7 Å². The quantitative estimate of drug-likeness (QED) is 0.206. The van der Waals surface area contributed by atoms with Crippen molar-refractivity contribution >= 4 is 29.7 Å². The Labute approximate surface area is 236 Å². The van der Waals surface area contributed by atoms with Crippen LogP contribution >= 0.6 is 7.92 Å². The van der Waals surface area contributed by atoms with E-state index in [1.165, 1.54) is 21.5 Å². The maximum atomic E-state index is 6.22. The van der Waals surface area contributed by atoms with E-state index in [0.717, 1.165) is 28.2 Å². The van der Waals surface area contributed by atoms with Gasteiger partial charge >= 0.3 is 0 Å². The van der Waals surface area contributed by atoms with Crippen molar-refractivity contribution in [3.05, 3.63) is 139 Å². The van der Waals surface area contributed by atoms with Gasteiger partial charge in [-0.2, -0.15) is 0 Å². The van der Waals surface area contributed by atoms with Gasteiger partial charge in [0.15, 0.2) is 0 Å². The molecule has 198 valence electrons. The second kappa shape index (κ2) is 11.8. The molecule has 6 rings (SSSR count). The Morgan fingerprint density at radius 1 is 0.600 bits per heavy atom. The van der Waals surface area contributed by atoms with E-state index in [1.807, 2.05) is 42.5 Å². The number of hydrogen-bond donors (Lipinski definition) is 0. The number of rotatable bonds is 8. The molecule has 0 saturated heterocycles. The molecule has 0 aromatic heterocycles. The number of ether oxygens (including phenoxy) is 3. The number of benzene rings is 5. The zero-order valence-electron chi connectivity index (χ0n) is 22.5. The summed E-state index contributed by atoms with van der Waals surface area (Å²) in [6.45, 7) is 0.541. The second-order valence-corrected chi connectivity index (χ2v) is 11.7. The fraction of sp³-hybridized carbons (Fsp3) is 0.114. The summed E-state index contributed by atoms with van der Waals surface area (Å²) in [5.41, 5.74) is 4.45. The summed E-state index contributed by atoms with van der Waals surface area (Å²) in [5, 5.41) is 3.74. The molecule has 0 saturated carbocycles. The van der Waals surface area contributed by atoms with Crippen molar-refractivity contribution in [3.8, 4) is 22.6 Å². The first kappa shape index (κ1) is 25.9. The Bertz CT molecular complexity index is 1570. The third-order valence-corrected chi connectivity index (χ3v) is 9.59. The molecule has 40 heavy (non-hydrogen) atoms. The molecule has 1 heterocycles. The van der Waals surface area contributed by atoms with Crippen LogP contribution in [0.4, 0.5) is 0 Å². The maximum absolute atomic E-state index is 6.22. The van der Waals surface area contributed by atoms with E-state index in [-0.39, 0.29) is 6.04 Å². The van der Waals surface area contributed by atoms with Crippen LogP contribution in [0, 0.1) is 0 Å². The van der Waals surface area contributed by atoms with Gasteiger partial charge in [0.2, 0.25) is 5.90 Å². The fourth-order valence-corrected chi connectivity index (χ4v) is 7.48. The molecule has 1 atom stereocenters. The van der Waals surface area contributed by atoms with Gasteiger partial charge in [-0.1, -0.05) is 97.1 Å². The van der Waals surface area contributed by atoms with Crippen molar-refractivity contribution in [2.24, 2.45) is 4.99 Å². The van der Waals surface area contributed by atoms with E-state index < -0.39 is 7.92 Å². The lowest BCUT2D eigenvalue weighted by atomic mass is 9.99. The molecule has 0 aliphatic carbocycles. The van der Waals surface area contributed by atoms with Gasteiger partial charge in [-0.15, -0.1) is 0 Å². The predicted octanol–water partition coefficient (Wildman–Crippen LogP) is 6.65. The molecule has 0 N–H and O–H groups in total. The average molecular weight is 544 g/mol. The molecule has 1 aliphatic heterocycles. The minimum Gasteiger partial charge on any atom is -0.497 e. The Morgan fingerprint density at radius 3 is 1.73 bits per heavy atom. The summed E-state index contributed by atoms with van der Waals surface area (Å²) in [4.78, 5) is 5.02. The Morgan fingerprint density at radius 2 is 1.12 bits per heavy atom. The monoisotopic (exact) mass is 543 g/mol. The number of methoxy groups -OCH3 is 2. The van der Waals surface area contributed by atoms with Gasteiger partial charge in [0, 0.05) is 5.56 Å². The highest BCUT2D eigenvalue weighted by Gasteiger charge is 2.26. The van der Waals surface area contributed by atoms with E-state index in [2.05, 4.69) is 84.9 Å². The van der Waals surface area contributed by atoms with E-state index >= 15 is 0 Å². The minimum absolute atomic E-state index is 0.00442. The van der Waals surface area contributed by atoms with Crippen LogP contribution in [0.25, 0.3) is 11.1 Å². The molecule has 1 aliphatic rings. The molecule has 4 nitrogen and oxygen atoms in total. The summed E-state index contributed by atoms with van der Waals surface area (Å²) < 4.78 is 17.1. The predicted molar refractivity (Wildman–Crippen MR) is 165 cm³/mol. The molecule has 0 spiro atoms. The SMILES string of the molecule is COc1ccc(P(c2ccc(OC)cc2)c2ccccc2-c2ccccc2C2=N[C@H](c3ccccc3)CO2)cc1. The molecular weight excluding hydrogens is 513 g/mol. The van der Waals surface area contributed by atoms with Gasteiger partial charge in [-0.3, -0.25) is 0 Å². The molecule has 0 radical (unpaired) electrons. The number of aliphatic imine (C=N–C) groups is 1. The van der Waals surface area contributed by atoms with Gasteiger partial charge in [0.05, 0.1) is 14.2 Å². The summed E-state index contributed by atoms with van der Waals surface area (Å²) in [6.07, 6.45) is 0. The fourth-order valence-electron chi connectivity index (χ4n) is 5.06. The molecule has 0 bridgehead atoms. The van der Waals surface area contributed by atoms with E-state index in [9.17, 15) is 0 Å². The number of nitrogens with zero attached hydrogens (tertiary/aromatic N) is 1. The van der Waals surface area contributed by atoms with E-state index in [1.54, 1.807) is 14.2 Å². The highest BCUT2D eigenvalue weighted by atomic mass is 31.1. The molecule has 5 heteroatoms. The van der Waals surface area contributed by atoms with Gasteiger partial charge in [-0.05, 0) is 70.9 Å². The molecule has 5 aromatic rings. The molecule has 0 fully saturated rings. The van der Waals surface area contributed by atoms with Crippen molar-refractivity contribution in [2.45, 2.75) is 6.04 Å². The van der Waals surface area contributed by atoms with E-state index in [0.29, 0.717) is 12.5 Å². The number of hydrogen-bond acceptors (Lipinski definition) is 4. The molecule has 5 aromatic carbocycles. The Kier molecular flexibility index (Phi) is 7.61. The summed E-state index contributed by atoms with van der Waals surface area (Å²) in [5.74, 6) is 2.38. The zero-order valence-corrected chi connectivity index (χ0v) is 23.4. The van der Waals surface area contributed by atoms with Crippen LogP contribution in [0.2, 0.25) is 0 Å². The van der Waals surface area contributed by atoms with Crippen molar-refractivity contribution in [3.63, 3.8) is 0 Å². The van der Waals surface area contributed by atoms with Crippen LogP contribution in [0.5, 0.6) is 11.5 Å². The third-order valence-electron chi connectivity index (χ3n) is 7.09. The molecule has 0 amide bonds. The smallest absolute Gasteiger partial charge is 0.217 e. The topological polar surface area (TPSA) is 40.0 Å². The Hall–Kier alpha value is -4.40. The first-order valence-corrected chi connectivity index (χ1v) is 14.6. The lowest BCUT2D eigenvalue weighted by molar-refractivity contribution is 0.320. The summed E-state index contributed by atoms with van der Waals surface area (Å²) in [7, 11) is 2.51. The summed E-state index contributed by atoms with van der Waals surface area (Å²) >= 11 is 0. The highest BCUT2D eigenvalue weighted by Crippen LogP contribution is 2.39. The van der Waals surface area contributed by atoms with Crippen molar-refractivity contribution in [1.29, 1.82) is 0 Å². The summed E-state index contributed by atoms with van der Waals surface area (Å²) in [6, 6.07) is 44.3. The van der Waals surface area contributed by atoms with Crippen molar-refractivity contribution in [1.82, 2.24) is 0 Å². The second-order valence-electron chi connectivity index (χ2n) is 9.47. The van der Waals surface area contributed by atoms with Crippen LogP contribution in [0.15, 0.2) is 132 Å². The highest BCUT2D eigenvalue weighted by molar-refractivity contribution is 7.80. The standard InChI is InChI=1S/C35H30NO3P/c1-37-26-16-20-28(21-17-26)40(29-22-18-27(38-2)19-23-29)34-15-9-8-13-31(34)30-12-6-7-14-32(30)35-36-33(24-39-35)25-10-4-3-5-11-25/h3-23,33H,24H2,1-2H3/t33-/m0/s1. The van der Waals surface area contributed by atoms with Gasteiger partial charge in [-0.25, -0.2) is 4.99 Å². The lowest BCUT2D eigenvalue weighted by Crippen LogP contribution is -2.22. The van der Waals surface area contributed by atoms with Crippen molar-refractivity contribution in [2.75, 3.05) is 20.8 Å². The maximum Gasteiger partial charge on any atom is 0.217 e. The van der Waals surface area contributed by atoms with Gasteiger partial charge in [0.25, 0.3) is 0 Å². The van der Waals surface area contributed by atoms with Crippen LogP contribution in [-0.2, 0) is 4.74 Å². The lowest BCUT2D eigenvalue weighted by Gasteiger charge is -2.23. The van der Waals surface area contributed by atoms with Crippen LogP contribution in [0.1, 0.15) is 17.2 Å². The largest absolute Gasteiger partial charge is 0.497 e. The normalized spacial score (nSPS) is 14.5. The first-order valence-electron chi connectivity index (χ1n) is 13.3. The molecular formula is C35H30NO3P. The minimum atomic E-state index is -0.887. The Balaban J connectivity index is 1.47. The van der Waals surface area contributed by atoms with Crippen molar-refractivity contribution < 1.29 is 14.2 Å². The van der Waals surface area contributed by atoms with E-state index in [4.69, 9.17) is 19.2 Å². The first-order chi connectivity index (χ1) is 19.7. The zero-order chi connectivity index (χ0) is 27.3. The van der Waals surface area contributed by atoms with Crippen LogP contribution in [0.3, 0.4) is 0 Å². The van der Waals surface area contributed by atoms with Gasteiger partial charge < -0.3 is 14.2 Å². The third kappa shape index (κ3) is 5.23. The average Bonchev–Trinajstić information content (AvgIpc) is 3.53.